The van der Waals surface area contributed by atoms with E-state index in [0.29, 0.717) is 22.0 Å². The lowest BCUT2D eigenvalue weighted by Gasteiger charge is -2.26. The van der Waals surface area contributed by atoms with Crippen LogP contribution in [0.1, 0.15) is 28.4 Å². The van der Waals surface area contributed by atoms with Crippen LogP contribution in [0, 0.1) is 25.5 Å². The van der Waals surface area contributed by atoms with Crippen molar-refractivity contribution in [3.8, 4) is 5.88 Å². The molecule has 0 spiro atoms. The van der Waals surface area contributed by atoms with Crippen LogP contribution < -0.4 is 10.3 Å². The van der Waals surface area contributed by atoms with Crippen molar-refractivity contribution in [3.63, 3.8) is 0 Å². The molecule has 0 unspecified atom stereocenters. The maximum Gasteiger partial charge on any atom is 0.340 e. The zero-order valence-electron chi connectivity index (χ0n) is 19.8. The summed E-state index contributed by atoms with van der Waals surface area (Å²) in [7, 11) is 0. The molecule has 5 rings (SSSR count). The van der Waals surface area contributed by atoms with Crippen molar-refractivity contribution in [2.24, 2.45) is 0 Å². The molecule has 0 saturated carbocycles. The SMILES string of the molecule is CCN(c1cccc(F)c1C(=O)O)c1cc(C)cc2c(=O)c(C)c(-n3cc4ccc(F)cc4c3)oc12. The van der Waals surface area contributed by atoms with Crippen molar-refractivity contribution < 1.29 is 23.1 Å². The smallest absolute Gasteiger partial charge is 0.340 e. The first-order valence-corrected chi connectivity index (χ1v) is 11.3. The molecule has 0 atom stereocenters. The van der Waals surface area contributed by atoms with E-state index in [2.05, 4.69) is 0 Å². The Morgan fingerprint density at radius 2 is 1.78 bits per heavy atom. The Labute approximate surface area is 204 Å². The van der Waals surface area contributed by atoms with Crippen LogP contribution >= 0.6 is 0 Å². The number of carboxylic acids is 1. The molecule has 0 saturated heterocycles. The number of hydrogen-bond donors (Lipinski definition) is 1. The van der Waals surface area contributed by atoms with E-state index in [0.717, 1.165) is 17.0 Å². The Morgan fingerprint density at radius 3 is 2.50 bits per heavy atom. The van der Waals surface area contributed by atoms with Crippen molar-refractivity contribution in [3.05, 3.63) is 99.5 Å². The van der Waals surface area contributed by atoms with Crippen LogP contribution in [0.5, 0.6) is 0 Å². The fraction of sp³-hybridized carbons (Fsp3) is 0.143. The second kappa shape index (κ2) is 8.64. The van der Waals surface area contributed by atoms with Crippen molar-refractivity contribution in [1.82, 2.24) is 4.57 Å². The van der Waals surface area contributed by atoms with E-state index in [-0.39, 0.29) is 34.9 Å². The fourth-order valence-electron chi connectivity index (χ4n) is 4.60. The number of carbonyl (C=O) groups is 1. The number of rotatable bonds is 5. The molecule has 0 aliphatic carbocycles. The van der Waals surface area contributed by atoms with Crippen molar-refractivity contribution >= 4 is 39.1 Å². The number of nitrogens with zero attached hydrogens (tertiary/aromatic N) is 2. The quantitative estimate of drug-likeness (QED) is 0.306. The first-order valence-electron chi connectivity index (χ1n) is 11.3. The minimum absolute atomic E-state index is 0.142. The largest absolute Gasteiger partial charge is 0.478 e. The zero-order chi connectivity index (χ0) is 25.7. The Kier molecular flexibility index (Phi) is 5.59. The van der Waals surface area contributed by atoms with Gasteiger partial charge in [-0.25, -0.2) is 13.6 Å². The Morgan fingerprint density at radius 1 is 1.03 bits per heavy atom. The number of aromatic nitrogens is 1. The molecule has 0 amide bonds. The first kappa shape index (κ1) is 23.3. The molecule has 3 aromatic carbocycles. The maximum absolute atomic E-state index is 14.5. The standard InChI is InChI=1S/C28H22F2N2O4/c1-4-32(22-7-5-6-21(30)24(22)28(34)35)23-11-15(2)10-20-25(33)16(3)27(36-26(20)23)31-13-17-8-9-19(29)12-18(17)14-31/h5-14H,4H2,1-3H3,(H,34,35). The maximum atomic E-state index is 14.5. The lowest BCUT2D eigenvalue weighted by Crippen LogP contribution is -2.21. The van der Waals surface area contributed by atoms with E-state index >= 15 is 0 Å². The molecule has 2 aromatic heterocycles. The Hall–Kier alpha value is -4.46. The van der Waals surface area contributed by atoms with E-state index in [9.17, 15) is 23.5 Å². The third-order valence-corrected chi connectivity index (χ3v) is 6.26. The Bertz CT molecular complexity index is 1740. The topological polar surface area (TPSA) is 75.7 Å². The van der Waals surface area contributed by atoms with E-state index in [4.69, 9.17) is 4.42 Å². The molecule has 6 nitrogen and oxygen atoms in total. The van der Waals surface area contributed by atoms with Gasteiger partial charge in [-0.05, 0) is 68.8 Å². The lowest BCUT2D eigenvalue weighted by molar-refractivity contribution is 0.0692. The molecule has 0 aliphatic rings. The number of aromatic carboxylic acids is 1. The summed E-state index contributed by atoms with van der Waals surface area (Å²) in [6.45, 7) is 5.55. The van der Waals surface area contributed by atoms with Gasteiger partial charge in [0.25, 0.3) is 0 Å². The minimum atomic E-state index is -1.40. The van der Waals surface area contributed by atoms with Crippen molar-refractivity contribution in [2.45, 2.75) is 20.8 Å². The third-order valence-electron chi connectivity index (χ3n) is 6.26. The number of hydrogen-bond acceptors (Lipinski definition) is 4. The fourth-order valence-corrected chi connectivity index (χ4v) is 4.60. The molecule has 1 N–H and O–H groups in total. The van der Waals surface area contributed by atoms with Gasteiger partial charge >= 0.3 is 5.97 Å². The van der Waals surface area contributed by atoms with Crippen molar-refractivity contribution in [2.75, 3.05) is 11.4 Å². The second-order valence-electron chi connectivity index (χ2n) is 8.64. The summed E-state index contributed by atoms with van der Waals surface area (Å²) in [5, 5.41) is 11.4. The number of halogens is 2. The first-order chi connectivity index (χ1) is 17.2. The second-order valence-corrected chi connectivity index (χ2v) is 8.64. The van der Waals surface area contributed by atoms with Crippen molar-refractivity contribution in [1.29, 1.82) is 0 Å². The summed E-state index contributed by atoms with van der Waals surface area (Å²) in [4.78, 5) is 27.0. The molecule has 0 aliphatic heterocycles. The highest BCUT2D eigenvalue weighted by Gasteiger charge is 2.24. The lowest BCUT2D eigenvalue weighted by atomic mass is 10.1. The van der Waals surface area contributed by atoms with E-state index in [1.54, 1.807) is 53.9 Å². The average Bonchev–Trinajstić information content (AvgIpc) is 3.25. The van der Waals surface area contributed by atoms with Gasteiger partial charge in [-0.2, -0.15) is 0 Å². The van der Waals surface area contributed by atoms with Gasteiger partial charge in [-0.3, -0.25) is 9.36 Å². The molecule has 0 bridgehead atoms. The van der Waals surface area contributed by atoms with Gasteiger partial charge in [-0.1, -0.05) is 6.07 Å². The van der Waals surface area contributed by atoms with Gasteiger partial charge in [0, 0.05) is 29.7 Å². The Balaban J connectivity index is 1.81. The molecular weight excluding hydrogens is 466 g/mol. The molecule has 2 heterocycles. The summed E-state index contributed by atoms with van der Waals surface area (Å²) in [6.07, 6.45) is 3.42. The van der Waals surface area contributed by atoms with Gasteiger partial charge in [0.05, 0.1) is 22.3 Å². The number of aryl methyl sites for hydroxylation is 1. The summed E-state index contributed by atoms with van der Waals surface area (Å²) < 4.78 is 36.2. The molecule has 0 radical (unpaired) electrons. The highest BCUT2D eigenvalue weighted by atomic mass is 19.1. The summed E-state index contributed by atoms with van der Waals surface area (Å²) in [5.41, 5.74) is 1.20. The van der Waals surface area contributed by atoms with Crippen LogP contribution in [0.3, 0.4) is 0 Å². The monoisotopic (exact) mass is 488 g/mol. The molecule has 0 fully saturated rings. The number of carboxylic acid groups (broad SMARTS) is 1. The van der Waals surface area contributed by atoms with Crippen LogP contribution in [0.25, 0.3) is 27.6 Å². The van der Waals surface area contributed by atoms with Gasteiger partial charge in [0.2, 0.25) is 5.88 Å². The summed E-state index contributed by atoms with van der Waals surface area (Å²) in [6, 6.07) is 11.9. The normalized spacial score (nSPS) is 11.4. The number of anilines is 2. The highest BCUT2D eigenvalue weighted by Crippen LogP contribution is 2.36. The van der Waals surface area contributed by atoms with Gasteiger partial charge in [0.1, 0.15) is 17.2 Å². The summed E-state index contributed by atoms with van der Waals surface area (Å²) in [5.74, 6) is -2.39. The van der Waals surface area contributed by atoms with E-state index in [1.807, 2.05) is 6.92 Å². The summed E-state index contributed by atoms with van der Waals surface area (Å²) >= 11 is 0. The molecular formula is C28H22F2N2O4. The van der Waals surface area contributed by atoms with Gasteiger partial charge in [0.15, 0.2) is 11.0 Å². The highest BCUT2D eigenvalue weighted by molar-refractivity contribution is 5.99. The van der Waals surface area contributed by atoms with E-state index in [1.165, 1.54) is 24.3 Å². The van der Waals surface area contributed by atoms with Crippen LogP contribution in [-0.4, -0.2) is 22.2 Å². The molecule has 36 heavy (non-hydrogen) atoms. The molecule has 5 aromatic rings. The average molecular weight is 488 g/mol. The number of benzene rings is 3. The van der Waals surface area contributed by atoms with Crippen LogP contribution in [0.15, 0.2) is 70.1 Å². The van der Waals surface area contributed by atoms with Crippen LogP contribution in [-0.2, 0) is 0 Å². The minimum Gasteiger partial charge on any atom is -0.478 e. The van der Waals surface area contributed by atoms with E-state index < -0.39 is 17.3 Å². The van der Waals surface area contributed by atoms with Gasteiger partial charge < -0.3 is 14.4 Å². The molecule has 182 valence electrons. The van der Waals surface area contributed by atoms with Gasteiger partial charge in [-0.15, -0.1) is 0 Å². The number of fused-ring (bicyclic) bond motifs is 2. The molecule has 8 heteroatoms. The predicted molar refractivity (Wildman–Crippen MR) is 135 cm³/mol. The van der Waals surface area contributed by atoms with Crippen LogP contribution in [0.2, 0.25) is 0 Å². The third kappa shape index (κ3) is 3.71. The predicted octanol–water partition coefficient (Wildman–Crippen LogP) is 6.49. The zero-order valence-corrected chi connectivity index (χ0v) is 19.8. The van der Waals surface area contributed by atoms with Crippen LogP contribution in [0.4, 0.5) is 20.2 Å².